The largest absolute Gasteiger partial charge is 0.369 e. The third kappa shape index (κ3) is 6.99. The molecule has 3 aromatic rings. The summed E-state index contributed by atoms with van der Waals surface area (Å²) in [6.07, 6.45) is 4.67. The fraction of sp³-hybridized carbons (Fsp3) is 0.222. The molecule has 1 fully saturated rings. The lowest BCUT2D eigenvalue weighted by Crippen LogP contribution is -2.46. The lowest BCUT2D eigenvalue weighted by atomic mass is 10.1. The summed E-state index contributed by atoms with van der Waals surface area (Å²) in [4.78, 5) is 32.8. The van der Waals surface area contributed by atoms with Crippen molar-refractivity contribution in [1.29, 1.82) is 0 Å². The van der Waals surface area contributed by atoms with E-state index in [-0.39, 0.29) is 5.91 Å². The van der Waals surface area contributed by atoms with Crippen LogP contribution in [0.1, 0.15) is 27.2 Å². The summed E-state index contributed by atoms with van der Waals surface area (Å²) >= 11 is 0. The normalized spacial score (nSPS) is 14.1. The van der Waals surface area contributed by atoms with Crippen molar-refractivity contribution in [2.24, 2.45) is 0 Å². The van der Waals surface area contributed by atoms with Crippen LogP contribution in [0.15, 0.2) is 79.0 Å². The minimum Gasteiger partial charge on any atom is -0.369 e. The molecule has 1 saturated heterocycles. The van der Waals surface area contributed by atoms with Gasteiger partial charge < -0.3 is 10.2 Å². The lowest BCUT2D eigenvalue weighted by Gasteiger charge is -2.36. The zero-order chi connectivity index (χ0) is 24.5. The zero-order valence-electron chi connectivity index (χ0n) is 19.4. The van der Waals surface area contributed by atoms with Crippen LogP contribution in [-0.4, -0.2) is 53.1 Å². The summed E-state index contributed by atoms with van der Waals surface area (Å²) in [6.45, 7) is 5.10. The van der Waals surface area contributed by atoms with Gasteiger partial charge in [0.1, 0.15) is 0 Å². The van der Waals surface area contributed by atoms with Gasteiger partial charge in [0.2, 0.25) is 0 Å². The number of hydrogen-bond acceptors (Lipinski definition) is 6. The van der Waals surface area contributed by atoms with Crippen molar-refractivity contribution in [1.82, 2.24) is 20.7 Å². The molecule has 0 aliphatic carbocycles. The maximum absolute atomic E-state index is 12.6. The van der Waals surface area contributed by atoms with Crippen molar-refractivity contribution < 1.29 is 14.8 Å². The lowest BCUT2D eigenvalue weighted by molar-refractivity contribution is -0.124. The molecule has 35 heavy (non-hydrogen) atoms. The standard InChI is InChI=1S/C27H29N5O3/c33-26(30-35)13-8-21-4-6-22(7-5-21)19-29-27(34)23-9-11-25(12-10-23)32-17-15-31(16-18-32)20-24-3-1-2-14-28-24/h1-14,35H,15-20H2,(H,29,34)(H,30,33)/b13-8+. The van der Waals surface area contributed by atoms with Crippen LogP contribution < -0.4 is 15.7 Å². The van der Waals surface area contributed by atoms with Crippen molar-refractivity contribution in [3.63, 3.8) is 0 Å². The number of hydroxylamine groups is 1. The van der Waals surface area contributed by atoms with Gasteiger partial charge in [0.05, 0.1) is 5.69 Å². The van der Waals surface area contributed by atoms with Gasteiger partial charge in [-0.05, 0) is 53.6 Å². The average Bonchev–Trinajstić information content (AvgIpc) is 2.92. The molecule has 180 valence electrons. The molecule has 1 aliphatic heterocycles. The van der Waals surface area contributed by atoms with E-state index in [2.05, 4.69) is 26.2 Å². The van der Waals surface area contributed by atoms with E-state index in [1.54, 1.807) is 11.6 Å². The van der Waals surface area contributed by atoms with Gasteiger partial charge >= 0.3 is 0 Å². The first-order valence-corrected chi connectivity index (χ1v) is 11.6. The summed E-state index contributed by atoms with van der Waals surface area (Å²) < 4.78 is 0. The van der Waals surface area contributed by atoms with Gasteiger partial charge in [-0.2, -0.15) is 0 Å². The van der Waals surface area contributed by atoms with Crippen LogP contribution in [0.25, 0.3) is 6.08 Å². The monoisotopic (exact) mass is 471 g/mol. The number of carbonyl (C=O) groups is 2. The smallest absolute Gasteiger partial charge is 0.267 e. The van der Waals surface area contributed by atoms with E-state index in [9.17, 15) is 9.59 Å². The maximum Gasteiger partial charge on any atom is 0.267 e. The molecule has 4 rings (SSSR count). The van der Waals surface area contributed by atoms with Crippen LogP contribution in [0, 0.1) is 0 Å². The Morgan fingerprint density at radius 1 is 0.943 bits per heavy atom. The Kier molecular flexibility index (Phi) is 8.21. The number of pyridine rings is 1. The predicted octanol–water partition coefficient (Wildman–Crippen LogP) is 2.85. The van der Waals surface area contributed by atoms with E-state index in [4.69, 9.17) is 5.21 Å². The van der Waals surface area contributed by atoms with E-state index in [0.29, 0.717) is 12.1 Å². The molecule has 1 aliphatic rings. The van der Waals surface area contributed by atoms with Crippen molar-refractivity contribution in [3.05, 3.63) is 101 Å². The Balaban J connectivity index is 1.24. The molecule has 0 saturated carbocycles. The van der Waals surface area contributed by atoms with Gasteiger partial charge in [-0.25, -0.2) is 5.48 Å². The fourth-order valence-corrected chi connectivity index (χ4v) is 3.95. The summed E-state index contributed by atoms with van der Waals surface area (Å²) in [5, 5.41) is 11.5. The van der Waals surface area contributed by atoms with Crippen LogP contribution in [0.2, 0.25) is 0 Å². The van der Waals surface area contributed by atoms with Crippen LogP contribution in [0.3, 0.4) is 0 Å². The minimum absolute atomic E-state index is 0.125. The third-order valence-corrected chi connectivity index (χ3v) is 5.95. The highest BCUT2D eigenvalue weighted by atomic mass is 16.5. The van der Waals surface area contributed by atoms with E-state index >= 15 is 0 Å². The van der Waals surface area contributed by atoms with Crippen LogP contribution in [0.5, 0.6) is 0 Å². The fourth-order valence-electron chi connectivity index (χ4n) is 3.95. The molecule has 8 heteroatoms. The molecule has 0 atom stereocenters. The quantitative estimate of drug-likeness (QED) is 0.266. The molecule has 2 amide bonds. The van der Waals surface area contributed by atoms with E-state index < -0.39 is 5.91 Å². The Morgan fingerprint density at radius 3 is 2.34 bits per heavy atom. The molecule has 8 nitrogen and oxygen atoms in total. The number of amides is 2. The Labute approximate surface area is 204 Å². The zero-order valence-corrected chi connectivity index (χ0v) is 19.4. The number of benzene rings is 2. The predicted molar refractivity (Wildman–Crippen MR) is 135 cm³/mol. The molecule has 0 unspecified atom stereocenters. The Bertz CT molecular complexity index is 1140. The van der Waals surface area contributed by atoms with Crippen LogP contribution in [0.4, 0.5) is 5.69 Å². The molecule has 2 heterocycles. The summed E-state index contributed by atoms with van der Waals surface area (Å²) in [7, 11) is 0. The van der Waals surface area contributed by atoms with Crippen molar-refractivity contribution in [3.8, 4) is 0 Å². The van der Waals surface area contributed by atoms with Gasteiger partial charge in [0.15, 0.2) is 0 Å². The number of carbonyl (C=O) groups excluding carboxylic acids is 2. The van der Waals surface area contributed by atoms with Gasteiger partial charge in [-0.3, -0.25) is 24.7 Å². The number of piperazine rings is 1. The average molecular weight is 472 g/mol. The van der Waals surface area contributed by atoms with Gasteiger partial charge in [0.25, 0.3) is 11.8 Å². The number of nitrogens with one attached hydrogen (secondary N) is 2. The Morgan fingerprint density at radius 2 is 1.69 bits per heavy atom. The number of aromatic nitrogens is 1. The van der Waals surface area contributed by atoms with Gasteiger partial charge in [-0.1, -0.05) is 30.3 Å². The molecule has 3 N–H and O–H groups in total. The molecule has 1 aromatic heterocycles. The molecule has 0 bridgehead atoms. The SMILES string of the molecule is O=C(/C=C/c1ccc(CNC(=O)c2ccc(N3CCN(Cc4ccccn4)CC3)cc2)cc1)NO. The second-order valence-corrected chi connectivity index (χ2v) is 8.36. The van der Waals surface area contributed by atoms with Crippen molar-refractivity contribution in [2.45, 2.75) is 13.1 Å². The highest BCUT2D eigenvalue weighted by Crippen LogP contribution is 2.18. The van der Waals surface area contributed by atoms with Crippen LogP contribution >= 0.6 is 0 Å². The number of anilines is 1. The maximum atomic E-state index is 12.6. The van der Waals surface area contributed by atoms with Gasteiger partial charge in [0, 0.05) is 62.8 Å². The number of rotatable bonds is 8. The molecular formula is C27H29N5O3. The summed E-state index contributed by atoms with van der Waals surface area (Å²) in [5.74, 6) is -0.712. The topological polar surface area (TPSA) is 97.8 Å². The van der Waals surface area contributed by atoms with Crippen molar-refractivity contribution >= 4 is 23.6 Å². The van der Waals surface area contributed by atoms with Crippen molar-refractivity contribution in [2.75, 3.05) is 31.1 Å². The first-order valence-electron chi connectivity index (χ1n) is 11.6. The highest BCUT2D eigenvalue weighted by molar-refractivity contribution is 5.94. The highest BCUT2D eigenvalue weighted by Gasteiger charge is 2.18. The van der Waals surface area contributed by atoms with Gasteiger partial charge in [-0.15, -0.1) is 0 Å². The number of hydrogen-bond donors (Lipinski definition) is 3. The number of nitrogens with zero attached hydrogens (tertiary/aromatic N) is 3. The molecule has 0 radical (unpaired) electrons. The molecule has 2 aromatic carbocycles. The first-order chi connectivity index (χ1) is 17.1. The second kappa shape index (κ2) is 11.9. The molecular weight excluding hydrogens is 442 g/mol. The van der Waals surface area contributed by atoms with Crippen LogP contribution in [-0.2, 0) is 17.9 Å². The first kappa shape index (κ1) is 24.1. The third-order valence-electron chi connectivity index (χ3n) is 5.95. The summed E-state index contributed by atoms with van der Waals surface area (Å²) in [5.41, 5.74) is 6.15. The van der Waals surface area contributed by atoms with E-state index in [0.717, 1.165) is 55.2 Å². The Hall–Kier alpha value is -4.01. The minimum atomic E-state index is -0.588. The van der Waals surface area contributed by atoms with E-state index in [1.165, 1.54) is 6.08 Å². The van der Waals surface area contributed by atoms with E-state index in [1.807, 2.05) is 66.9 Å². The second-order valence-electron chi connectivity index (χ2n) is 8.36. The summed E-state index contributed by atoms with van der Waals surface area (Å²) in [6, 6.07) is 21.2. The molecule has 0 spiro atoms.